The van der Waals surface area contributed by atoms with Crippen LogP contribution >= 0.6 is 0 Å². The highest BCUT2D eigenvalue weighted by Gasteiger charge is 2.38. The highest BCUT2D eigenvalue weighted by Crippen LogP contribution is 2.19. The van der Waals surface area contributed by atoms with Crippen molar-refractivity contribution in [2.24, 2.45) is 5.92 Å². The lowest BCUT2D eigenvalue weighted by Gasteiger charge is -2.34. The Bertz CT molecular complexity index is 596. The van der Waals surface area contributed by atoms with Crippen molar-refractivity contribution in [2.75, 3.05) is 0 Å². The van der Waals surface area contributed by atoms with Crippen LogP contribution in [0.25, 0.3) is 0 Å². The van der Waals surface area contributed by atoms with Crippen molar-refractivity contribution in [1.82, 2.24) is 10.6 Å². The van der Waals surface area contributed by atoms with Crippen molar-refractivity contribution in [2.45, 2.75) is 46.2 Å². The molecule has 7 heteroatoms. The number of hydrogen-bond donors (Lipinski definition) is 2. The van der Waals surface area contributed by atoms with Gasteiger partial charge in [-0.05, 0) is 38.8 Å². The molecule has 0 bridgehead atoms. The fraction of sp³-hybridized carbons (Fsp3) is 0.500. The molecule has 0 aliphatic heterocycles. The summed E-state index contributed by atoms with van der Waals surface area (Å²) in [7, 11) is 0. The Hall–Kier alpha value is -2.44. The monoisotopic (exact) mass is 321 g/mol. The van der Waals surface area contributed by atoms with Crippen molar-refractivity contribution in [1.29, 1.82) is 0 Å². The van der Waals surface area contributed by atoms with Gasteiger partial charge < -0.3 is 10.6 Å². The lowest BCUT2D eigenvalue weighted by atomic mass is 9.86. The predicted molar refractivity (Wildman–Crippen MR) is 87.1 cm³/mol. The van der Waals surface area contributed by atoms with Crippen LogP contribution in [0.15, 0.2) is 24.3 Å². The van der Waals surface area contributed by atoms with Gasteiger partial charge in [0.1, 0.15) is 5.54 Å². The molecule has 1 rings (SSSR count). The number of benzene rings is 1. The van der Waals surface area contributed by atoms with Gasteiger partial charge in [0, 0.05) is 23.7 Å². The lowest BCUT2D eigenvalue weighted by molar-refractivity contribution is -0.384. The molecule has 23 heavy (non-hydrogen) atoms. The summed E-state index contributed by atoms with van der Waals surface area (Å²) in [5.41, 5.74) is -0.908. The number of nitro groups is 1. The van der Waals surface area contributed by atoms with Gasteiger partial charge >= 0.3 is 0 Å². The van der Waals surface area contributed by atoms with E-state index in [4.69, 9.17) is 0 Å². The van der Waals surface area contributed by atoms with Crippen LogP contribution in [0, 0.1) is 16.0 Å². The van der Waals surface area contributed by atoms with E-state index in [0.717, 1.165) is 0 Å². The first kappa shape index (κ1) is 18.6. The summed E-state index contributed by atoms with van der Waals surface area (Å²) in [6.45, 7) is 9.04. The molecule has 1 atom stereocenters. The van der Waals surface area contributed by atoms with Gasteiger partial charge in [0.15, 0.2) is 0 Å². The molecule has 0 aromatic heterocycles. The number of non-ortho nitro benzene ring substituents is 1. The van der Waals surface area contributed by atoms with Crippen molar-refractivity contribution in [3.05, 3.63) is 39.9 Å². The van der Waals surface area contributed by atoms with E-state index in [9.17, 15) is 19.7 Å². The number of nitro benzene ring substituents is 1. The van der Waals surface area contributed by atoms with E-state index in [0.29, 0.717) is 0 Å². The van der Waals surface area contributed by atoms with Gasteiger partial charge in [0.05, 0.1) is 4.92 Å². The van der Waals surface area contributed by atoms with Crippen LogP contribution < -0.4 is 10.6 Å². The SMILES string of the molecule is CC(C)NC(=O)[C@@](C)(NC(=O)c1ccc([N+](=O)[O-])cc1)C(C)C. The van der Waals surface area contributed by atoms with Gasteiger partial charge in [-0.2, -0.15) is 0 Å². The maximum atomic E-state index is 12.4. The Labute approximate surface area is 135 Å². The Morgan fingerprint density at radius 1 is 1.13 bits per heavy atom. The quantitative estimate of drug-likeness (QED) is 0.620. The van der Waals surface area contributed by atoms with E-state index in [2.05, 4.69) is 10.6 Å². The molecular weight excluding hydrogens is 298 g/mol. The van der Waals surface area contributed by atoms with Crippen LogP contribution in [0.2, 0.25) is 0 Å². The summed E-state index contributed by atoms with van der Waals surface area (Å²) in [6, 6.07) is 5.21. The number of hydrogen-bond acceptors (Lipinski definition) is 4. The minimum absolute atomic E-state index is 0.0446. The first-order chi connectivity index (χ1) is 10.6. The van der Waals surface area contributed by atoms with Gasteiger partial charge in [-0.1, -0.05) is 13.8 Å². The molecule has 0 unspecified atom stereocenters. The van der Waals surface area contributed by atoms with Gasteiger partial charge in [-0.3, -0.25) is 19.7 Å². The summed E-state index contributed by atoms with van der Waals surface area (Å²) in [4.78, 5) is 34.9. The van der Waals surface area contributed by atoms with Gasteiger partial charge in [0.2, 0.25) is 5.91 Å². The normalized spacial score (nSPS) is 13.5. The molecule has 0 saturated heterocycles. The first-order valence-corrected chi connectivity index (χ1v) is 7.46. The third-order valence-corrected chi connectivity index (χ3v) is 3.76. The molecule has 7 nitrogen and oxygen atoms in total. The standard InChI is InChI=1S/C16H23N3O4/c1-10(2)16(5,15(21)17-11(3)4)18-14(20)12-6-8-13(9-7-12)19(22)23/h6-11H,1-5H3,(H,17,21)(H,18,20)/t16-/m0/s1. The van der Waals surface area contributed by atoms with Crippen molar-refractivity contribution in [3.63, 3.8) is 0 Å². The number of rotatable bonds is 6. The zero-order valence-electron chi connectivity index (χ0n) is 14.0. The van der Waals surface area contributed by atoms with Crippen LogP contribution in [-0.4, -0.2) is 28.3 Å². The van der Waals surface area contributed by atoms with Gasteiger partial charge in [-0.15, -0.1) is 0 Å². The molecule has 126 valence electrons. The molecular formula is C16H23N3O4. The molecule has 0 spiro atoms. The zero-order valence-corrected chi connectivity index (χ0v) is 14.0. The predicted octanol–water partition coefficient (Wildman–Crippen LogP) is 2.26. The van der Waals surface area contributed by atoms with E-state index in [1.54, 1.807) is 6.92 Å². The number of carbonyl (C=O) groups excluding carboxylic acids is 2. The van der Waals surface area contributed by atoms with E-state index in [-0.39, 0.29) is 29.1 Å². The van der Waals surface area contributed by atoms with Gasteiger partial charge in [-0.25, -0.2) is 0 Å². The molecule has 2 amide bonds. The Kier molecular flexibility index (Phi) is 5.84. The summed E-state index contributed by atoms with van der Waals surface area (Å²) >= 11 is 0. The second-order valence-electron chi connectivity index (χ2n) is 6.24. The second-order valence-corrected chi connectivity index (χ2v) is 6.24. The van der Waals surface area contributed by atoms with E-state index in [1.165, 1.54) is 24.3 Å². The zero-order chi connectivity index (χ0) is 17.8. The molecule has 1 aromatic carbocycles. The third kappa shape index (κ3) is 4.51. The van der Waals surface area contributed by atoms with Gasteiger partial charge in [0.25, 0.3) is 11.6 Å². The third-order valence-electron chi connectivity index (χ3n) is 3.76. The highest BCUT2D eigenvalue weighted by molar-refractivity contribution is 5.99. The molecule has 0 radical (unpaired) electrons. The van der Waals surface area contributed by atoms with Crippen LogP contribution in [0.3, 0.4) is 0 Å². The van der Waals surface area contributed by atoms with E-state index in [1.807, 2.05) is 27.7 Å². The van der Waals surface area contributed by atoms with Crippen molar-refractivity contribution < 1.29 is 14.5 Å². The Morgan fingerprint density at radius 2 is 1.65 bits per heavy atom. The largest absolute Gasteiger partial charge is 0.352 e. The smallest absolute Gasteiger partial charge is 0.269 e. The average Bonchev–Trinajstić information content (AvgIpc) is 2.46. The van der Waals surface area contributed by atoms with Crippen LogP contribution in [-0.2, 0) is 4.79 Å². The van der Waals surface area contributed by atoms with Crippen molar-refractivity contribution >= 4 is 17.5 Å². The van der Waals surface area contributed by atoms with Crippen LogP contribution in [0.4, 0.5) is 5.69 Å². The van der Waals surface area contributed by atoms with Crippen LogP contribution in [0.5, 0.6) is 0 Å². The summed E-state index contributed by atoms with van der Waals surface area (Å²) < 4.78 is 0. The maximum Gasteiger partial charge on any atom is 0.269 e. The Morgan fingerprint density at radius 3 is 2.04 bits per heavy atom. The fourth-order valence-electron chi connectivity index (χ4n) is 1.92. The van der Waals surface area contributed by atoms with Crippen LogP contribution in [0.1, 0.15) is 45.0 Å². The lowest BCUT2D eigenvalue weighted by Crippen LogP contribution is -2.60. The summed E-state index contributed by atoms with van der Waals surface area (Å²) in [6.07, 6.45) is 0. The molecule has 0 heterocycles. The number of nitrogens with zero attached hydrogens (tertiary/aromatic N) is 1. The van der Waals surface area contributed by atoms with E-state index < -0.39 is 16.4 Å². The summed E-state index contributed by atoms with van der Waals surface area (Å²) in [5.74, 6) is -0.851. The number of carbonyl (C=O) groups is 2. The topological polar surface area (TPSA) is 101 Å². The maximum absolute atomic E-state index is 12.4. The second kappa shape index (κ2) is 7.21. The number of nitrogens with one attached hydrogen (secondary N) is 2. The first-order valence-electron chi connectivity index (χ1n) is 7.46. The minimum Gasteiger partial charge on any atom is -0.352 e. The minimum atomic E-state index is -1.08. The molecule has 0 saturated carbocycles. The van der Waals surface area contributed by atoms with E-state index >= 15 is 0 Å². The molecule has 0 fully saturated rings. The molecule has 0 aliphatic rings. The average molecular weight is 321 g/mol. The van der Waals surface area contributed by atoms with Crippen molar-refractivity contribution in [3.8, 4) is 0 Å². The Balaban J connectivity index is 2.97. The highest BCUT2D eigenvalue weighted by atomic mass is 16.6. The summed E-state index contributed by atoms with van der Waals surface area (Å²) in [5, 5.41) is 16.2. The molecule has 2 N–H and O–H groups in total. The number of amides is 2. The molecule has 1 aromatic rings. The fourth-order valence-corrected chi connectivity index (χ4v) is 1.92. The molecule has 0 aliphatic carbocycles.